The van der Waals surface area contributed by atoms with Crippen molar-refractivity contribution in [1.82, 2.24) is 14.5 Å². The number of alkyl halides is 3. The van der Waals surface area contributed by atoms with Gasteiger partial charge in [-0.2, -0.15) is 13.2 Å². The molecule has 3 heterocycles. The second kappa shape index (κ2) is 8.41. The molecule has 0 spiro atoms. The maximum atomic E-state index is 13.1. The summed E-state index contributed by atoms with van der Waals surface area (Å²) in [5, 5.41) is 0. The summed E-state index contributed by atoms with van der Waals surface area (Å²) < 4.78 is 76.9. The number of sulfone groups is 1. The molecule has 0 amide bonds. The number of nitrogens with zero attached hydrogens (tertiary/aromatic N) is 4. The van der Waals surface area contributed by atoms with Crippen molar-refractivity contribution < 1.29 is 26.3 Å². The molecule has 0 radical (unpaired) electrons. The number of benzene rings is 1. The molecule has 1 fully saturated rings. The lowest BCUT2D eigenvalue weighted by atomic mass is 10.2. The molecule has 0 N–H and O–H groups in total. The predicted molar refractivity (Wildman–Crippen MR) is 124 cm³/mol. The number of pyridine rings is 1. The van der Waals surface area contributed by atoms with Gasteiger partial charge in [0, 0.05) is 24.1 Å². The minimum Gasteiger partial charge on any atom is -0.380 e. The summed E-state index contributed by atoms with van der Waals surface area (Å²) in [4.78, 5) is 7.85. The third-order valence-corrected chi connectivity index (χ3v) is 9.71. The molecule has 0 bridgehead atoms. The van der Waals surface area contributed by atoms with Crippen molar-refractivity contribution in [2.75, 3.05) is 30.5 Å². The average Bonchev–Trinajstić information content (AvgIpc) is 3.09. The van der Waals surface area contributed by atoms with Gasteiger partial charge in [0.1, 0.15) is 11.5 Å². The number of ether oxygens (including phenoxy) is 1. The number of hydrogen-bond donors (Lipinski definition) is 0. The van der Waals surface area contributed by atoms with E-state index in [1.807, 2.05) is 0 Å². The van der Waals surface area contributed by atoms with Gasteiger partial charge in [0.25, 0.3) is 0 Å². The molecule has 1 aliphatic heterocycles. The van der Waals surface area contributed by atoms with E-state index < -0.39 is 31.1 Å². The summed E-state index contributed by atoms with van der Waals surface area (Å²) in [6.07, 6.45) is -3.52. The predicted octanol–water partition coefficient (Wildman–Crippen LogP) is 3.88. The average molecular weight is 501 g/mol. The largest absolute Gasteiger partial charge is 0.433 e. The van der Waals surface area contributed by atoms with E-state index in [4.69, 9.17) is 9.10 Å². The first-order valence-electron chi connectivity index (χ1n) is 10.1. The van der Waals surface area contributed by atoms with Gasteiger partial charge >= 0.3 is 6.18 Å². The molecular weight excluding hydrogens is 477 g/mol. The third-order valence-electron chi connectivity index (χ3n) is 5.49. The van der Waals surface area contributed by atoms with E-state index in [-0.39, 0.29) is 22.0 Å². The molecular formula is C21H23F3N4O3S2. The number of rotatable bonds is 4. The topological polar surface area (TPSA) is 86.4 Å². The van der Waals surface area contributed by atoms with E-state index in [1.165, 1.54) is 17.6 Å². The molecule has 3 aromatic rings. The van der Waals surface area contributed by atoms with Crippen molar-refractivity contribution in [1.29, 1.82) is 0 Å². The Labute approximate surface area is 190 Å². The maximum absolute atomic E-state index is 13.1. The van der Waals surface area contributed by atoms with Crippen LogP contribution in [0.4, 0.5) is 18.9 Å². The van der Waals surface area contributed by atoms with Crippen LogP contribution in [-0.2, 0) is 37.2 Å². The van der Waals surface area contributed by atoms with E-state index >= 15 is 0 Å². The lowest BCUT2D eigenvalue weighted by Gasteiger charge is -2.21. The molecule has 1 saturated heterocycles. The zero-order valence-electron chi connectivity index (χ0n) is 18.1. The van der Waals surface area contributed by atoms with E-state index in [9.17, 15) is 21.6 Å². The van der Waals surface area contributed by atoms with Crippen LogP contribution in [0.3, 0.4) is 0 Å². The van der Waals surface area contributed by atoms with Crippen molar-refractivity contribution in [3.63, 3.8) is 0 Å². The summed E-state index contributed by atoms with van der Waals surface area (Å²) >= 11 is 0. The van der Waals surface area contributed by atoms with Gasteiger partial charge < -0.3 is 9.30 Å². The Balaban J connectivity index is 1.90. The highest BCUT2D eigenvalue weighted by molar-refractivity contribution is 8.02. The van der Waals surface area contributed by atoms with Crippen LogP contribution in [0.15, 0.2) is 39.7 Å². The standard InChI is InChI=1S/C21H23F3N4O3S2/c1-4-33(29,30)18-11-14(27-32(3)9-7-31-8-10-32)5-6-15(18)20-26-16-12-19(21(22,23)24)25-13-17(16)28(20)2/h5-6,11-13H,3-4,7-10H2,1-2H3. The SMILES string of the molecule is C=S1(=Nc2ccc(-c3nc4cc(C(F)(F)F)ncc4n3C)c(S(=O)(=O)CC)c2)CCOCC1. The van der Waals surface area contributed by atoms with Crippen LogP contribution in [-0.4, -0.2) is 59.3 Å². The maximum Gasteiger partial charge on any atom is 0.433 e. The van der Waals surface area contributed by atoms with Gasteiger partial charge in [0.2, 0.25) is 0 Å². The number of hydrogen-bond acceptors (Lipinski definition) is 6. The van der Waals surface area contributed by atoms with Gasteiger partial charge in [-0.25, -0.2) is 22.7 Å². The fourth-order valence-corrected chi connectivity index (χ4v) is 6.51. The summed E-state index contributed by atoms with van der Waals surface area (Å²) in [5.41, 5.74) is 0.165. The molecule has 7 nitrogen and oxygen atoms in total. The molecule has 33 heavy (non-hydrogen) atoms. The van der Waals surface area contributed by atoms with Crippen molar-refractivity contribution in [3.8, 4) is 11.4 Å². The molecule has 0 aliphatic carbocycles. The normalized spacial score (nSPS) is 16.8. The van der Waals surface area contributed by atoms with Crippen LogP contribution >= 0.6 is 0 Å². The van der Waals surface area contributed by atoms with Gasteiger partial charge in [0.05, 0.1) is 46.8 Å². The van der Waals surface area contributed by atoms with Crippen LogP contribution in [0, 0.1) is 0 Å². The first-order chi connectivity index (χ1) is 15.4. The third kappa shape index (κ3) is 4.64. The Morgan fingerprint density at radius 1 is 1.24 bits per heavy atom. The first-order valence-corrected chi connectivity index (χ1v) is 13.9. The van der Waals surface area contributed by atoms with Gasteiger partial charge in [-0.15, -0.1) is 9.41 Å². The van der Waals surface area contributed by atoms with Gasteiger partial charge in [-0.3, -0.25) is 0 Å². The zero-order valence-corrected chi connectivity index (χ0v) is 19.7. The summed E-state index contributed by atoms with van der Waals surface area (Å²) in [7, 11) is -3.65. The van der Waals surface area contributed by atoms with Crippen LogP contribution in [0.5, 0.6) is 0 Å². The van der Waals surface area contributed by atoms with Crippen molar-refractivity contribution >= 4 is 41.8 Å². The van der Waals surface area contributed by atoms with E-state index in [0.29, 0.717) is 41.5 Å². The first kappa shape index (κ1) is 23.7. The lowest BCUT2D eigenvalue weighted by Crippen LogP contribution is -2.25. The minimum atomic E-state index is -4.61. The van der Waals surface area contributed by atoms with Crippen molar-refractivity contribution in [2.24, 2.45) is 11.4 Å². The number of aryl methyl sites for hydroxylation is 1. The molecule has 0 unspecified atom stereocenters. The van der Waals surface area contributed by atoms with Crippen LogP contribution in [0.25, 0.3) is 22.4 Å². The van der Waals surface area contributed by atoms with Crippen LogP contribution in [0.1, 0.15) is 12.6 Å². The summed E-state index contributed by atoms with van der Waals surface area (Å²) in [5.74, 6) is 5.74. The molecule has 4 rings (SSSR count). The van der Waals surface area contributed by atoms with Gasteiger partial charge in [-0.1, -0.05) is 12.8 Å². The fraction of sp³-hybridized carbons (Fsp3) is 0.381. The van der Waals surface area contributed by atoms with Crippen LogP contribution < -0.4 is 0 Å². The number of fused-ring (bicyclic) bond motifs is 1. The fourth-order valence-electron chi connectivity index (χ4n) is 3.60. The molecule has 0 saturated carbocycles. The molecule has 2 aromatic heterocycles. The monoisotopic (exact) mass is 500 g/mol. The minimum absolute atomic E-state index is 0.0312. The molecule has 1 aliphatic rings. The Bertz CT molecular complexity index is 1440. The number of imidazole rings is 1. The van der Waals surface area contributed by atoms with Crippen molar-refractivity contribution in [3.05, 3.63) is 36.2 Å². The van der Waals surface area contributed by atoms with E-state index in [0.717, 1.165) is 12.3 Å². The number of aromatic nitrogens is 3. The summed E-state index contributed by atoms with van der Waals surface area (Å²) in [6.45, 7) is 2.66. The smallest absolute Gasteiger partial charge is 0.380 e. The molecule has 0 atom stereocenters. The Hall–Kier alpha value is -2.44. The van der Waals surface area contributed by atoms with E-state index in [2.05, 4.69) is 15.8 Å². The molecule has 178 valence electrons. The second-order valence-electron chi connectivity index (χ2n) is 7.75. The van der Waals surface area contributed by atoms with Gasteiger partial charge in [0.15, 0.2) is 9.84 Å². The highest BCUT2D eigenvalue weighted by atomic mass is 32.2. The zero-order chi connectivity index (χ0) is 24.0. The van der Waals surface area contributed by atoms with Crippen molar-refractivity contribution in [2.45, 2.75) is 18.0 Å². The second-order valence-corrected chi connectivity index (χ2v) is 13.0. The lowest BCUT2D eigenvalue weighted by molar-refractivity contribution is -0.141. The Morgan fingerprint density at radius 2 is 1.94 bits per heavy atom. The Morgan fingerprint density at radius 3 is 2.58 bits per heavy atom. The quantitative estimate of drug-likeness (QED) is 0.508. The Kier molecular flexibility index (Phi) is 6.04. The highest BCUT2D eigenvalue weighted by Crippen LogP contribution is 2.35. The summed E-state index contributed by atoms with van der Waals surface area (Å²) in [6, 6.07) is 5.65. The van der Waals surface area contributed by atoms with Gasteiger partial charge in [-0.05, 0) is 24.3 Å². The number of halogens is 3. The molecule has 12 heteroatoms. The van der Waals surface area contributed by atoms with E-state index in [1.54, 1.807) is 19.2 Å². The van der Waals surface area contributed by atoms with Crippen LogP contribution in [0.2, 0.25) is 0 Å². The molecule has 1 aromatic carbocycles. The highest BCUT2D eigenvalue weighted by Gasteiger charge is 2.33.